The maximum Gasteiger partial charge on any atom is 0.244 e. The molecule has 2 aromatic rings. The van der Waals surface area contributed by atoms with Crippen LogP contribution in [0.4, 0.5) is 5.82 Å². The molecule has 0 spiro atoms. The number of hydrogen-bond donors (Lipinski definition) is 1. The molecule has 8 heteroatoms. The first kappa shape index (κ1) is 18.9. The molecule has 1 N–H and O–H groups in total. The average molecular weight is 378 g/mol. The van der Waals surface area contributed by atoms with E-state index in [9.17, 15) is 8.42 Å². The Morgan fingerprint density at radius 2 is 2.00 bits per heavy atom. The van der Waals surface area contributed by atoms with Gasteiger partial charge in [-0.1, -0.05) is 6.42 Å². The van der Waals surface area contributed by atoms with Crippen molar-refractivity contribution in [2.45, 2.75) is 30.2 Å². The first-order valence-electron chi connectivity index (χ1n) is 8.88. The lowest BCUT2D eigenvalue weighted by molar-refractivity contribution is 0.269. The van der Waals surface area contributed by atoms with Crippen molar-refractivity contribution < 1.29 is 12.8 Å². The second kappa shape index (κ2) is 8.20. The van der Waals surface area contributed by atoms with Gasteiger partial charge in [-0.2, -0.15) is 4.31 Å². The summed E-state index contributed by atoms with van der Waals surface area (Å²) in [6.07, 6.45) is 6.03. The van der Waals surface area contributed by atoms with Crippen molar-refractivity contribution in [3.63, 3.8) is 0 Å². The van der Waals surface area contributed by atoms with Crippen LogP contribution in [0.2, 0.25) is 0 Å². The molecule has 2 aromatic heterocycles. The van der Waals surface area contributed by atoms with E-state index in [1.165, 1.54) is 6.20 Å². The zero-order chi connectivity index (χ0) is 18.6. The van der Waals surface area contributed by atoms with Crippen molar-refractivity contribution in [2.24, 2.45) is 0 Å². The van der Waals surface area contributed by atoms with Crippen molar-refractivity contribution in [1.29, 1.82) is 0 Å². The molecule has 0 bridgehead atoms. The molecule has 1 fully saturated rings. The fourth-order valence-corrected chi connectivity index (χ4v) is 4.57. The van der Waals surface area contributed by atoms with Crippen LogP contribution in [0.1, 0.15) is 31.1 Å². The molecule has 1 atom stereocenters. The van der Waals surface area contributed by atoms with Gasteiger partial charge in [0.05, 0.1) is 12.3 Å². The molecule has 0 saturated carbocycles. The van der Waals surface area contributed by atoms with E-state index in [2.05, 4.69) is 15.2 Å². The molecular formula is C18H26N4O3S. The van der Waals surface area contributed by atoms with Crippen LogP contribution in [0.5, 0.6) is 0 Å². The predicted octanol–water partition coefficient (Wildman–Crippen LogP) is 2.56. The van der Waals surface area contributed by atoms with E-state index < -0.39 is 10.0 Å². The SMILES string of the molecule is CN(C)C(CNc1ccc(S(=O)(=O)N2CCCCC2)cn1)c1ccco1. The zero-order valence-electron chi connectivity index (χ0n) is 15.3. The van der Waals surface area contributed by atoms with E-state index in [1.54, 1.807) is 22.7 Å². The number of anilines is 1. The van der Waals surface area contributed by atoms with Gasteiger partial charge in [-0.15, -0.1) is 0 Å². The topological polar surface area (TPSA) is 78.7 Å². The number of likely N-dealkylation sites (N-methyl/N-ethyl adjacent to an activating group) is 1. The number of hydrogen-bond acceptors (Lipinski definition) is 6. The Morgan fingerprint density at radius 3 is 2.58 bits per heavy atom. The number of aromatic nitrogens is 1. The van der Waals surface area contributed by atoms with Gasteiger partial charge in [-0.25, -0.2) is 13.4 Å². The van der Waals surface area contributed by atoms with Crippen LogP contribution in [-0.2, 0) is 10.0 Å². The lowest BCUT2D eigenvalue weighted by Gasteiger charge is -2.26. The maximum atomic E-state index is 12.7. The second-order valence-corrected chi connectivity index (χ2v) is 8.66. The number of piperidine rings is 1. The summed E-state index contributed by atoms with van der Waals surface area (Å²) in [5.41, 5.74) is 0. The molecule has 1 unspecified atom stereocenters. The number of nitrogens with zero attached hydrogens (tertiary/aromatic N) is 3. The summed E-state index contributed by atoms with van der Waals surface area (Å²) in [5, 5.41) is 3.25. The summed E-state index contributed by atoms with van der Waals surface area (Å²) in [4.78, 5) is 6.59. The number of rotatable bonds is 7. The summed E-state index contributed by atoms with van der Waals surface area (Å²) < 4.78 is 32.4. The highest BCUT2D eigenvalue weighted by Gasteiger charge is 2.26. The Morgan fingerprint density at radius 1 is 1.23 bits per heavy atom. The van der Waals surface area contributed by atoms with E-state index in [0.717, 1.165) is 25.0 Å². The highest BCUT2D eigenvalue weighted by Crippen LogP contribution is 2.22. The van der Waals surface area contributed by atoms with Crippen LogP contribution >= 0.6 is 0 Å². The Kier molecular flexibility index (Phi) is 5.95. The number of nitrogens with one attached hydrogen (secondary N) is 1. The number of sulfonamides is 1. The quantitative estimate of drug-likeness (QED) is 0.798. The lowest BCUT2D eigenvalue weighted by atomic mass is 10.2. The summed E-state index contributed by atoms with van der Waals surface area (Å²) >= 11 is 0. The van der Waals surface area contributed by atoms with E-state index >= 15 is 0 Å². The molecule has 0 aliphatic carbocycles. The normalized spacial score (nSPS) is 17.3. The largest absolute Gasteiger partial charge is 0.468 e. The molecular weight excluding hydrogens is 352 g/mol. The zero-order valence-corrected chi connectivity index (χ0v) is 16.1. The van der Waals surface area contributed by atoms with E-state index in [1.807, 2.05) is 26.2 Å². The van der Waals surface area contributed by atoms with Crippen molar-refractivity contribution >= 4 is 15.8 Å². The van der Waals surface area contributed by atoms with Crippen LogP contribution in [0.15, 0.2) is 46.0 Å². The third kappa shape index (κ3) is 4.25. The van der Waals surface area contributed by atoms with Gasteiger partial charge in [-0.3, -0.25) is 4.90 Å². The molecule has 142 valence electrons. The molecule has 0 amide bonds. The fraction of sp³-hybridized carbons (Fsp3) is 0.500. The molecule has 1 aliphatic rings. The smallest absolute Gasteiger partial charge is 0.244 e. The van der Waals surface area contributed by atoms with Gasteiger partial charge in [-0.05, 0) is 51.2 Å². The van der Waals surface area contributed by atoms with E-state index in [0.29, 0.717) is 25.5 Å². The van der Waals surface area contributed by atoms with Gasteiger partial charge in [0.2, 0.25) is 10.0 Å². The lowest BCUT2D eigenvalue weighted by Crippen LogP contribution is -2.35. The van der Waals surface area contributed by atoms with Crippen LogP contribution in [0.25, 0.3) is 0 Å². The van der Waals surface area contributed by atoms with Crippen LogP contribution in [0.3, 0.4) is 0 Å². The van der Waals surface area contributed by atoms with E-state index in [4.69, 9.17) is 4.42 Å². The summed E-state index contributed by atoms with van der Waals surface area (Å²) in [6.45, 7) is 1.79. The molecule has 1 aliphatic heterocycles. The minimum atomic E-state index is -3.44. The minimum absolute atomic E-state index is 0.0589. The second-order valence-electron chi connectivity index (χ2n) is 6.72. The third-order valence-corrected chi connectivity index (χ3v) is 6.54. The average Bonchev–Trinajstić information content (AvgIpc) is 3.17. The van der Waals surface area contributed by atoms with Crippen LogP contribution in [0, 0.1) is 0 Å². The van der Waals surface area contributed by atoms with Gasteiger partial charge in [0.1, 0.15) is 16.5 Å². The van der Waals surface area contributed by atoms with Gasteiger partial charge < -0.3 is 9.73 Å². The summed E-state index contributed by atoms with van der Waals surface area (Å²) in [5.74, 6) is 1.51. The Bertz CT molecular complexity index is 782. The van der Waals surface area contributed by atoms with Gasteiger partial charge >= 0.3 is 0 Å². The van der Waals surface area contributed by atoms with Crippen molar-refractivity contribution in [3.05, 3.63) is 42.5 Å². The minimum Gasteiger partial charge on any atom is -0.468 e. The molecule has 1 saturated heterocycles. The molecule has 0 radical (unpaired) electrons. The summed E-state index contributed by atoms with van der Waals surface area (Å²) in [7, 11) is 0.526. The first-order chi connectivity index (χ1) is 12.5. The monoisotopic (exact) mass is 378 g/mol. The summed E-state index contributed by atoms with van der Waals surface area (Å²) in [6, 6.07) is 7.20. The maximum absolute atomic E-state index is 12.7. The van der Waals surface area contributed by atoms with Crippen molar-refractivity contribution in [1.82, 2.24) is 14.2 Å². The van der Waals surface area contributed by atoms with Gasteiger partial charge in [0, 0.05) is 25.8 Å². The highest BCUT2D eigenvalue weighted by molar-refractivity contribution is 7.89. The molecule has 3 heterocycles. The Hall–Kier alpha value is -1.90. The van der Waals surface area contributed by atoms with Crippen LogP contribution in [-0.4, -0.2) is 56.3 Å². The molecule has 3 rings (SSSR count). The van der Waals surface area contributed by atoms with Gasteiger partial charge in [0.15, 0.2) is 0 Å². The molecule has 26 heavy (non-hydrogen) atoms. The fourth-order valence-electron chi connectivity index (χ4n) is 3.11. The molecule has 7 nitrogen and oxygen atoms in total. The molecule has 0 aromatic carbocycles. The van der Waals surface area contributed by atoms with Gasteiger partial charge in [0.25, 0.3) is 0 Å². The Labute approximate surface area is 155 Å². The first-order valence-corrected chi connectivity index (χ1v) is 10.3. The predicted molar refractivity (Wildman–Crippen MR) is 100 cm³/mol. The highest BCUT2D eigenvalue weighted by atomic mass is 32.2. The standard InChI is InChI=1S/C18H26N4O3S/c1-21(2)16(17-7-6-12-25-17)14-20-18-9-8-15(13-19-18)26(23,24)22-10-4-3-5-11-22/h6-9,12-13,16H,3-5,10-11,14H2,1-2H3,(H,19,20). The Balaban J connectivity index is 1.66. The van der Waals surface area contributed by atoms with E-state index in [-0.39, 0.29) is 10.9 Å². The van der Waals surface area contributed by atoms with Crippen molar-refractivity contribution in [2.75, 3.05) is 39.0 Å². The number of pyridine rings is 1. The van der Waals surface area contributed by atoms with Crippen LogP contribution < -0.4 is 5.32 Å². The third-order valence-electron chi connectivity index (χ3n) is 4.66. The number of furan rings is 1. The van der Waals surface area contributed by atoms with Crippen molar-refractivity contribution in [3.8, 4) is 0 Å².